The molecule has 0 saturated carbocycles. The molecule has 5 nitrogen and oxygen atoms in total. The number of furan rings is 1. The number of halogens is 3. The molecule has 0 aliphatic carbocycles. The number of anilines is 2. The summed E-state index contributed by atoms with van der Waals surface area (Å²) in [6, 6.07) is 16.2. The third kappa shape index (κ3) is 5.06. The Kier molecular flexibility index (Phi) is 7.22. The molecule has 152 valence electrons. The summed E-state index contributed by atoms with van der Waals surface area (Å²) in [6.45, 7) is 1.87. The van der Waals surface area contributed by atoms with Crippen LogP contribution < -0.4 is 5.32 Å². The SMILES string of the molecule is CCOC(=O)c1c(Nc2ccc(Cl)cc2)oc(/C=C(\C#N)c2cccc(Br)c2)c1Cl. The van der Waals surface area contributed by atoms with E-state index in [0.717, 1.165) is 4.47 Å². The number of nitriles is 1. The van der Waals surface area contributed by atoms with Crippen LogP contribution in [0, 0.1) is 11.3 Å². The van der Waals surface area contributed by atoms with E-state index in [9.17, 15) is 10.1 Å². The molecule has 2 aromatic carbocycles. The Hall–Kier alpha value is -2.72. The Morgan fingerprint density at radius 1 is 1.27 bits per heavy atom. The van der Waals surface area contributed by atoms with Gasteiger partial charge < -0.3 is 14.5 Å². The van der Waals surface area contributed by atoms with Crippen LogP contribution in [0.2, 0.25) is 10.0 Å². The zero-order chi connectivity index (χ0) is 21.7. The number of carbonyl (C=O) groups excluding carboxylic acids is 1. The minimum absolute atomic E-state index is 0.0475. The summed E-state index contributed by atoms with van der Waals surface area (Å²) in [4.78, 5) is 12.5. The molecular formula is C22H15BrCl2N2O3. The summed E-state index contributed by atoms with van der Waals surface area (Å²) in [5.41, 5.74) is 1.68. The van der Waals surface area contributed by atoms with Crippen molar-refractivity contribution in [3.63, 3.8) is 0 Å². The number of rotatable bonds is 6. The van der Waals surface area contributed by atoms with E-state index in [0.29, 0.717) is 21.8 Å². The maximum absolute atomic E-state index is 12.5. The molecule has 0 atom stereocenters. The quantitative estimate of drug-likeness (QED) is 0.280. The molecule has 0 saturated heterocycles. The number of nitrogens with zero attached hydrogens (tertiary/aromatic N) is 1. The van der Waals surface area contributed by atoms with Crippen molar-refractivity contribution in [1.82, 2.24) is 0 Å². The van der Waals surface area contributed by atoms with Gasteiger partial charge in [-0.05, 0) is 48.9 Å². The third-order valence-corrected chi connectivity index (χ3v) is 5.11. The van der Waals surface area contributed by atoms with Gasteiger partial charge in [-0.15, -0.1) is 0 Å². The molecule has 0 unspecified atom stereocenters. The van der Waals surface area contributed by atoms with Crippen LogP contribution in [0.15, 0.2) is 57.4 Å². The zero-order valence-electron chi connectivity index (χ0n) is 15.7. The highest BCUT2D eigenvalue weighted by atomic mass is 79.9. The maximum atomic E-state index is 12.5. The normalized spacial score (nSPS) is 11.1. The van der Waals surface area contributed by atoms with Crippen LogP contribution >= 0.6 is 39.1 Å². The van der Waals surface area contributed by atoms with Gasteiger partial charge in [-0.2, -0.15) is 5.26 Å². The lowest BCUT2D eigenvalue weighted by atomic mass is 10.1. The molecule has 8 heteroatoms. The molecule has 0 radical (unpaired) electrons. The highest BCUT2D eigenvalue weighted by Gasteiger charge is 2.26. The highest BCUT2D eigenvalue weighted by Crippen LogP contribution is 2.37. The van der Waals surface area contributed by atoms with Crippen molar-refractivity contribution in [3.8, 4) is 6.07 Å². The van der Waals surface area contributed by atoms with Gasteiger partial charge in [0, 0.05) is 21.3 Å². The van der Waals surface area contributed by atoms with Gasteiger partial charge in [0.25, 0.3) is 0 Å². The molecule has 1 N–H and O–H groups in total. The van der Waals surface area contributed by atoms with Gasteiger partial charge in [0.1, 0.15) is 16.3 Å². The number of ether oxygens (including phenoxy) is 1. The molecule has 0 aliphatic rings. The number of allylic oxidation sites excluding steroid dienone is 1. The van der Waals surface area contributed by atoms with Gasteiger partial charge in [-0.25, -0.2) is 4.79 Å². The predicted octanol–water partition coefficient (Wildman–Crippen LogP) is 7.33. The number of nitrogens with one attached hydrogen (secondary N) is 1. The van der Waals surface area contributed by atoms with E-state index < -0.39 is 5.97 Å². The van der Waals surface area contributed by atoms with Crippen molar-refractivity contribution in [2.45, 2.75) is 6.92 Å². The van der Waals surface area contributed by atoms with Gasteiger partial charge in [-0.3, -0.25) is 0 Å². The smallest absolute Gasteiger partial charge is 0.345 e. The minimum Gasteiger partial charge on any atom is -0.462 e. The summed E-state index contributed by atoms with van der Waals surface area (Å²) >= 11 is 15.8. The Morgan fingerprint density at radius 3 is 2.63 bits per heavy atom. The second-order valence-electron chi connectivity index (χ2n) is 6.02. The van der Waals surface area contributed by atoms with Gasteiger partial charge >= 0.3 is 5.97 Å². The first-order valence-corrected chi connectivity index (χ1v) is 10.4. The first-order valence-electron chi connectivity index (χ1n) is 8.82. The second-order valence-corrected chi connectivity index (χ2v) is 7.75. The van der Waals surface area contributed by atoms with E-state index in [1.165, 1.54) is 6.08 Å². The van der Waals surface area contributed by atoms with E-state index in [2.05, 4.69) is 27.3 Å². The zero-order valence-corrected chi connectivity index (χ0v) is 18.8. The maximum Gasteiger partial charge on any atom is 0.345 e. The Balaban J connectivity index is 2.07. The van der Waals surface area contributed by atoms with Crippen molar-refractivity contribution in [2.24, 2.45) is 0 Å². The molecule has 3 rings (SSSR count). The Bertz CT molecular complexity index is 1150. The van der Waals surface area contributed by atoms with Crippen LogP contribution in [0.3, 0.4) is 0 Å². The van der Waals surface area contributed by atoms with Crippen LogP contribution in [-0.2, 0) is 4.74 Å². The first kappa shape index (κ1) is 22.0. The number of benzene rings is 2. The second kappa shape index (κ2) is 9.86. The van der Waals surface area contributed by atoms with Crippen molar-refractivity contribution < 1.29 is 13.9 Å². The fourth-order valence-corrected chi connectivity index (χ4v) is 3.41. The van der Waals surface area contributed by atoms with E-state index in [4.69, 9.17) is 32.4 Å². The molecule has 1 aromatic heterocycles. The van der Waals surface area contributed by atoms with Gasteiger partial charge in [-0.1, -0.05) is 51.3 Å². The summed E-state index contributed by atoms with van der Waals surface area (Å²) < 4.78 is 11.8. The molecule has 0 fully saturated rings. The van der Waals surface area contributed by atoms with Crippen LogP contribution in [0.1, 0.15) is 28.6 Å². The molecular weight excluding hydrogens is 491 g/mol. The van der Waals surface area contributed by atoms with Gasteiger partial charge in [0.15, 0.2) is 0 Å². The van der Waals surface area contributed by atoms with Crippen LogP contribution in [0.4, 0.5) is 11.6 Å². The predicted molar refractivity (Wildman–Crippen MR) is 122 cm³/mol. The average molecular weight is 506 g/mol. The summed E-state index contributed by atoms with van der Waals surface area (Å²) in [7, 11) is 0. The average Bonchev–Trinajstić information content (AvgIpc) is 3.02. The summed E-state index contributed by atoms with van der Waals surface area (Å²) in [5.74, 6) is -0.366. The number of hydrogen-bond acceptors (Lipinski definition) is 5. The molecule has 3 aromatic rings. The standard InChI is InChI=1S/C22H15BrCl2N2O3/c1-2-29-22(28)19-20(25)18(11-14(12-26)13-4-3-5-15(23)10-13)30-21(19)27-17-8-6-16(24)7-9-17/h3-11,27H,2H2,1H3/b14-11+. The van der Waals surface area contributed by atoms with E-state index in [1.54, 1.807) is 43.3 Å². The Labute approximate surface area is 192 Å². The largest absolute Gasteiger partial charge is 0.462 e. The van der Waals surface area contributed by atoms with Crippen LogP contribution in [-0.4, -0.2) is 12.6 Å². The summed E-state index contributed by atoms with van der Waals surface area (Å²) in [5, 5.41) is 13.2. The minimum atomic E-state index is -0.636. The fourth-order valence-electron chi connectivity index (χ4n) is 2.63. The lowest BCUT2D eigenvalue weighted by Crippen LogP contribution is -2.06. The number of esters is 1. The molecule has 0 spiro atoms. The van der Waals surface area contributed by atoms with Gasteiger partial charge in [0.05, 0.1) is 18.2 Å². The van der Waals surface area contributed by atoms with Crippen LogP contribution in [0.25, 0.3) is 11.6 Å². The first-order chi connectivity index (χ1) is 14.4. The van der Waals surface area contributed by atoms with E-state index in [1.807, 2.05) is 12.1 Å². The lowest BCUT2D eigenvalue weighted by molar-refractivity contribution is 0.0527. The molecule has 0 bridgehead atoms. The summed E-state index contributed by atoms with van der Waals surface area (Å²) in [6.07, 6.45) is 1.49. The number of hydrogen-bond donors (Lipinski definition) is 1. The third-order valence-electron chi connectivity index (χ3n) is 3.99. The molecule has 0 amide bonds. The van der Waals surface area contributed by atoms with Crippen molar-refractivity contribution >= 4 is 68.3 Å². The molecule has 1 heterocycles. The number of carbonyl (C=O) groups is 1. The topological polar surface area (TPSA) is 75.3 Å². The molecule has 0 aliphatic heterocycles. The molecule has 30 heavy (non-hydrogen) atoms. The Morgan fingerprint density at radius 2 is 2.00 bits per heavy atom. The van der Waals surface area contributed by atoms with E-state index >= 15 is 0 Å². The van der Waals surface area contributed by atoms with Crippen molar-refractivity contribution in [1.29, 1.82) is 5.26 Å². The fraction of sp³-hybridized carbons (Fsp3) is 0.0909. The van der Waals surface area contributed by atoms with Crippen molar-refractivity contribution in [3.05, 3.63) is 79.9 Å². The van der Waals surface area contributed by atoms with E-state index in [-0.39, 0.29) is 28.8 Å². The van der Waals surface area contributed by atoms with Crippen molar-refractivity contribution in [2.75, 3.05) is 11.9 Å². The van der Waals surface area contributed by atoms with Gasteiger partial charge in [0.2, 0.25) is 5.88 Å². The monoisotopic (exact) mass is 504 g/mol. The highest BCUT2D eigenvalue weighted by molar-refractivity contribution is 9.10. The lowest BCUT2D eigenvalue weighted by Gasteiger charge is -2.06. The van der Waals surface area contributed by atoms with Crippen LogP contribution in [0.5, 0.6) is 0 Å².